The zero-order valence-electron chi connectivity index (χ0n) is 15.0. The molecule has 0 spiro atoms. The number of hydrogen-bond acceptors (Lipinski definition) is 4. The van der Waals surface area contributed by atoms with Gasteiger partial charge in [0.15, 0.2) is 5.11 Å². The zero-order chi connectivity index (χ0) is 16.7. The molecule has 3 aliphatic rings. The first-order valence-electron chi connectivity index (χ1n) is 9.14. The molecule has 0 aromatic heterocycles. The van der Waals surface area contributed by atoms with Crippen LogP contribution in [0.25, 0.3) is 0 Å². The van der Waals surface area contributed by atoms with E-state index in [-0.39, 0.29) is 0 Å². The molecule has 3 rings (SSSR count). The second kappa shape index (κ2) is 9.77. The van der Waals surface area contributed by atoms with Gasteiger partial charge in [-0.25, -0.2) is 0 Å². The summed E-state index contributed by atoms with van der Waals surface area (Å²) in [6.07, 6.45) is 2.69. The molecule has 2 N–H and O–H groups in total. The third-order valence-electron chi connectivity index (χ3n) is 5.49. The van der Waals surface area contributed by atoms with Crippen molar-refractivity contribution in [1.82, 2.24) is 20.4 Å². The van der Waals surface area contributed by atoms with Crippen molar-refractivity contribution in [2.24, 2.45) is 11.8 Å². The number of nitrogens with one attached hydrogen (secondary N) is 2. The average molecular weight is 343 g/mol. The molecule has 23 heavy (non-hydrogen) atoms. The fourth-order valence-electron chi connectivity index (χ4n) is 4.02. The minimum absolute atomic E-state index is 0.642. The second-order valence-corrected chi connectivity index (χ2v) is 7.22. The van der Waals surface area contributed by atoms with E-state index in [4.69, 9.17) is 17.0 Å². The number of rotatable bonds is 9. The van der Waals surface area contributed by atoms with Crippen molar-refractivity contribution >= 4 is 17.3 Å². The molecule has 6 heteroatoms. The van der Waals surface area contributed by atoms with E-state index in [0.29, 0.717) is 12.6 Å². The highest BCUT2D eigenvalue weighted by Crippen LogP contribution is 2.36. The maximum atomic E-state index is 5.33. The summed E-state index contributed by atoms with van der Waals surface area (Å²) in [6.45, 7) is 13.1. The number of fused-ring (bicyclic) bond motifs is 3. The largest absolute Gasteiger partial charge is 0.383 e. The highest BCUT2D eigenvalue weighted by Gasteiger charge is 2.40. The molecule has 1 unspecified atom stereocenters. The summed E-state index contributed by atoms with van der Waals surface area (Å²) >= 11 is 5.33. The van der Waals surface area contributed by atoms with Gasteiger partial charge in [0.25, 0.3) is 0 Å². The molecule has 0 saturated carbocycles. The lowest BCUT2D eigenvalue weighted by molar-refractivity contribution is -0.00939. The van der Waals surface area contributed by atoms with Crippen molar-refractivity contribution in [1.29, 1.82) is 0 Å². The monoisotopic (exact) mass is 342 g/mol. The van der Waals surface area contributed by atoms with E-state index in [9.17, 15) is 0 Å². The highest BCUT2D eigenvalue weighted by atomic mass is 32.1. The second-order valence-electron chi connectivity index (χ2n) is 6.81. The van der Waals surface area contributed by atoms with Gasteiger partial charge in [0.1, 0.15) is 0 Å². The lowest BCUT2D eigenvalue weighted by atomic mass is 9.75. The Kier molecular flexibility index (Phi) is 8.03. The predicted molar refractivity (Wildman–Crippen MR) is 99.8 cm³/mol. The SMILES string of the molecule is CCN(CC)C[C@H]1CN2CC[C@H]1C[C@@H]2CNC(=S)NCCOC. The van der Waals surface area contributed by atoms with Gasteiger partial charge < -0.3 is 20.3 Å². The van der Waals surface area contributed by atoms with Gasteiger partial charge in [-0.05, 0) is 56.5 Å². The van der Waals surface area contributed by atoms with Crippen LogP contribution in [-0.2, 0) is 4.74 Å². The summed E-state index contributed by atoms with van der Waals surface area (Å²) in [4.78, 5) is 5.26. The van der Waals surface area contributed by atoms with E-state index in [1.54, 1.807) is 7.11 Å². The molecule has 3 saturated heterocycles. The molecule has 0 aromatic rings. The predicted octanol–water partition coefficient (Wildman–Crippen LogP) is 1.15. The van der Waals surface area contributed by atoms with Gasteiger partial charge in [-0.15, -0.1) is 0 Å². The molecule has 3 heterocycles. The van der Waals surface area contributed by atoms with Gasteiger partial charge in [0, 0.05) is 39.3 Å². The number of piperidine rings is 3. The Hall–Kier alpha value is -0.430. The number of hydrogen-bond donors (Lipinski definition) is 2. The summed E-state index contributed by atoms with van der Waals surface area (Å²) in [5.74, 6) is 1.74. The van der Waals surface area contributed by atoms with Crippen molar-refractivity contribution in [2.75, 3.05) is 59.5 Å². The molecule has 3 fully saturated rings. The third kappa shape index (κ3) is 5.55. The lowest BCUT2D eigenvalue weighted by Gasteiger charge is -2.51. The Morgan fingerprint density at radius 3 is 2.70 bits per heavy atom. The maximum Gasteiger partial charge on any atom is 0.166 e. The van der Waals surface area contributed by atoms with E-state index in [1.807, 2.05) is 0 Å². The molecule has 0 amide bonds. The molecule has 5 nitrogen and oxygen atoms in total. The van der Waals surface area contributed by atoms with Crippen LogP contribution in [0.4, 0.5) is 0 Å². The molecular weight excluding hydrogens is 308 g/mol. The maximum absolute atomic E-state index is 5.33. The Bertz CT molecular complexity index is 365. The quantitative estimate of drug-likeness (QED) is 0.484. The van der Waals surface area contributed by atoms with Gasteiger partial charge in [0.2, 0.25) is 0 Å². The smallest absolute Gasteiger partial charge is 0.166 e. The molecule has 0 radical (unpaired) electrons. The minimum Gasteiger partial charge on any atom is -0.383 e. The van der Waals surface area contributed by atoms with Crippen molar-refractivity contribution < 1.29 is 4.74 Å². The molecule has 4 atom stereocenters. The summed E-state index contributed by atoms with van der Waals surface area (Å²) in [5.41, 5.74) is 0. The first kappa shape index (κ1) is 18.9. The first-order chi connectivity index (χ1) is 11.2. The van der Waals surface area contributed by atoms with Crippen LogP contribution >= 0.6 is 12.2 Å². The summed E-state index contributed by atoms with van der Waals surface area (Å²) in [5, 5.41) is 7.33. The summed E-state index contributed by atoms with van der Waals surface area (Å²) in [6, 6.07) is 0.642. The molecule has 0 aromatic carbocycles. The third-order valence-corrected chi connectivity index (χ3v) is 5.78. The first-order valence-corrected chi connectivity index (χ1v) is 9.55. The number of methoxy groups -OCH3 is 1. The average Bonchev–Trinajstić information content (AvgIpc) is 2.59. The standard InChI is InChI=1S/C17H34N4OS/c1-4-20(5-2)12-15-13-21-8-6-14(15)10-16(21)11-19-17(23)18-7-9-22-3/h14-16H,4-13H2,1-3H3,(H2,18,19,23)/t14-,15-,16+/m0/s1. The van der Waals surface area contributed by atoms with Crippen molar-refractivity contribution in [2.45, 2.75) is 32.7 Å². The van der Waals surface area contributed by atoms with Crippen LogP contribution in [0.15, 0.2) is 0 Å². The molecular formula is C17H34N4OS. The van der Waals surface area contributed by atoms with Crippen LogP contribution < -0.4 is 10.6 Å². The van der Waals surface area contributed by atoms with Crippen molar-refractivity contribution in [3.63, 3.8) is 0 Å². The zero-order valence-corrected chi connectivity index (χ0v) is 15.8. The number of nitrogens with zero attached hydrogens (tertiary/aromatic N) is 2. The van der Waals surface area contributed by atoms with Crippen molar-refractivity contribution in [3.8, 4) is 0 Å². The Balaban J connectivity index is 1.73. The fourth-order valence-corrected chi connectivity index (χ4v) is 4.21. The van der Waals surface area contributed by atoms with E-state index in [0.717, 1.165) is 30.0 Å². The fraction of sp³-hybridized carbons (Fsp3) is 0.941. The number of ether oxygens (including phenoxy) is 1. The van der Waals surface area contributed by atoms with Crippen molar-refractivity contribution in [3.05, 3.63) is 0 Å². The van der Waals surface area contributed by atoms with Crippen LogP contribution in [0, 0.1) is 11.8 Å². The van der Waals surface area contributed by atoms with Gasteiger partial charge in [-0.3, -0.25) is 4.90 Å². The van der Waals surface area contributed by atoms with E-state index in [1.165, 1.54) is 45.6 Å². The topological polar surface area (TPSA) is 39.8 Å². The van der Waals surface area contributed by atoms with Gasteiger partial charge in [0.05, 0.1) is 6.61 Å². The van der Waals surface area contributed by atoms with E-state index in [2.05, 4.69) is 34.3 Å². The van der Waals surface area contributed by atoms with Crippen LogP contribution in [0.5, 0.6) is 0 Å². The molecule has 3 aliphatic heterocycles. The van der Waals surface area contributed by atoms with E-state index < -0.39 is 0 Å². The Morgan fingerprint density at radius 2 is 2.09 bits per heavy atom. The van der Waals surface area contributed by atoms with Gasteiger partial charge in [-0.2, -0.15) is 0 Å². The lowest BCUT2D eigenvalue weighted by Crippen LogP contribution is -2.59. The summed E-state index contributed by atoms with van der Waals surface area (Å²) < 4.78 is 5.03. The summed E-state index contributed by atoms with van der Waals surface area (Å²) in [7, 11) is 1.71. The molecule has 134 valence electrons. The van der Waals surface area contributed by atoms with Crippen LogP contribution in [0.3, 0.4) is 0 Å². The molecule has 0 aliphatic carbocycles. The Labute approximate surface area is 147 Å². The normalized spacial score (nSPS) is 29.7. The Morgan fingerprint density at radius 1 is 1.30 bits per heavy atom. The van der Waals surface area contributed by atoms with Crippen LogP contribution in [0.1, 0.15) is 26.7 Å². The minimum atomic E-state index is 0.642. The van der Waals surface area contributed by atoms with Crippen LogP contribution in [-0.4, -0.2) is 80.5 Å². The molecule has 2 bridgehead atoms. The van der Waals surface area contributed by atoms with Crippen LogP contribution in [0.2, 0.25) is 0 Å². The highest BCUT2D eigenvalue weighted by molar-refractivity contribution is 7.80. The van der Waals surface area contributed by atoms with Gasteiger partial charge in [-0.1, -0.05) is 13.8 Å². The number of thiocarbonyl (C=S) groups is 1. The van der Waals surface area contributed by atoms with E-state index >= 15 is 0 Å². The van der Waals surface area contributed by atoms with Gasteiger partial charge >= 0.3 is 0 Å².